The maximum Gasteiger partial charge on any atom is 0.436 e. The van der Waals surface area contributed by atoms with Crippen molar-refractivity contribution < 1.29 is 18.0 Å². The fourth-order valence-electron chi connectivity index (χ4n) is 3.59. The molecule has 0 radical (unpaired) electrons. The number of aryl methyl sites for hydroxylation is 2. The van der Waals surface area contributed by atoms with Crippen LogP contribution in [0.2, 0.25) is 5.02 Å². The minimum absolute atomic E-state index is 0.0898. The maximum atomic E-state index is 13.2. The van der Waals surface area contributed by atoms with Crippen LogP contribution in [0.3, 0.4) is 0 Å². The van der Waals surface area contributed by atoms with Crippen molar-refractivity contribution in [3.63, 3.8) is 0 Å². The number of aromatic nitrogens is 4. The van der Waals surface area contributed by atoms with E-state index in [-0.39, 0.29) is 18.2 Å². The molecule has 1 aliphatic rings. The van der Waals surface area contributed by atoms with E-state index in [1.165, 1.54) is 0 Å². The van der Waals surface area contributed by atoms with Gasteiger partial charge in [-0.25, -0.2) is 0 Å². The molecule has 1 saturated carbocycles. The average molecular weight is 452 g/mol. The van der Waals surface area contributed by atoms with E-state index in [1.54, 1.807) is 12.1 Å². The number of nitrogens with zero attached hydrogens (tertiary/aromatic N) is 4. The van der Waals surface area contributed by atoms with Crippen molar-refractivity contribution in [2.75, 3.05) is 5.32 Å². The first-order chi connectivity index (χ1) is 14.6. The number of hydrogen-bond donors (Lipinski definition) is 1. The second kappa shape index (κ2) is 8.03. The van der Waals surface area contributed by atoms with Gasteiger partial charge >= 0.3 is 6.18 Å². The number of benzene rings is 1. The van der Waals surface area contributed by atoms with Crippen LogP contribution in [0.25, 0.3) is 0 Å². The van der Waals surface area contributed by atoms with E-state index < -0.39 is 22.8 Å². The van der Waals surface area contributed by atoms with E-state index in [1.807, 2.05) is 36.7 Å². The lowest BCUT2D eigenvalue weighted by molar-refractivity contribution is -0.141. The van der Waals surface area contributed by atoms with Crippen LogP contribution in [-0.4, -0.2) is 25.5 Å². The van der Waals surface area contributed by atoms with Gasteiger partial charge in [-0.3, -0.25) is 14.2 Å². The minimum Gasteiger partial charge on any atom is -0.324 e. The molecule has 0 bridgehead atoms. The van der Waals surface area contributed by atoms with Crippen LogP contribution in [0.4, 0.5) is 18.9 Å². The third-order valence-electron chi connectivity index (χ3n) is 5.10. The molecular formula is C21H21ClF3N5O. The highest BCUT2D eigenvalue weighted by Crippen LogP contribution is 2.46. The number of nitrogens with one attached hydrogen (secondary N) is 1. The Morgan fingerprint density at radius 1 is 1.19 bits per heavy atom. The van der Waals surface area contributed by atoms with Gasteiger partial charge in [-0.15, -0.1) is 0 Å². The van der Waals surface area contributed by atoms with Crippen LogP contribution in [0.1, 0.15) is 47.1 Å². The average Bonchev–Trinajstić information content (AvgIpc) is 3.37. The Balaban J connectivity index is 1.49. The van der Waals surface area contributed by atoms with Gasteiger partial charge in [0, 0.05) is 17.3 Å². The Labute approximate surface area is 182 Å². The van der Waals surface area contributed by atoms with E-state index in [2.05, 4.69) is 15.5 Å². The molecule has 6 nitrogen and oxygen atoms in total. The van der Waals surface area contributed by atoms with Crippen LogP contribution in [0, 0.1) is 13.8 Å². The van der Waals surface area contributed by atoms with Crippen molar-refractivity contribution in [1.82, 2.24) is 19.6 Å². The molecule has 1 N–H and O–H groups in total. The second-order valence-corrected chi connectivity index (χ2v) is 8.19. The minimum atomic E-state index is -4.67. The van der Waals surface area contributed by atoms with E-state index in [0.717, 1.165) is 34.5 Å². The van der Waals surface area contributed by atoms with Gasteiger partial charge in [-0.1, -0.05) is 23.7 Å². The molecule has 0 unspecified atom stereocenters. The fourth-order valence-corrected chi connectivity index (χ4v) is 3.99. The molecule has 0 atom stereocenters. The summed E-state index contributed by atoms with van der Waals surface area (Å²) in [6, 6.07) is 9.24. The van der Waals surface area contributed by atoms with E-state index >= 15 is 0 Å². The SMILES string of the molecule is Cc1cc(C)n(Cc2cccc(NC(=O)Cn3nc(C(F)(F)F)c(Cl)c3C3CC3)c2)n1. The van der Waals surface area contributed by atoms with Gasteiger partial charge in [-0.2, -0.15) is 23.4 Å². The zero-order valence-electron chi connectivity index (χ0n) is 17.0. The van der Waals surface area contributed by atoms with Crippen molar-refractivity contribution in [3.8, 4) is 0 Å². The monoisotopic (exact) mass is 451 g/mol. The van der Waals surface area contributed by atoms with Gasteiger partial charge in [0.05, 0.1) is 23.0 Å². The molecule has 2 aromatic heterocycles. The molecule has 4 rings (SSSR count). The molecule has 2 heterocycles. The van der Waals surface area contributed by atoms with Gasteiger partial charge in [0.25, 0.3) is 0 Å². The van der Waals surface area contributed by atoms with Crippen LogP contribution in [-0.2, 0) is 24.1 Å². The maximum absolute atomic E-state index is 13.2. The lowest BCUT2D eigenvalue weighted by Gasteiger charge is -2.10. The van der Waals surface area contributed by atoms with Gasteiger partial charge in [0.1, 0.15) is 6.54 Å². The Bertz CT molecular complexity index is 1130. The summed E-state index contributed by atoms with van der Waals surface area (Å²) in [5, 5.41) is 10.4. The number of anilines is 1. The Morgan fingerprint density at radius 2 is 1.94 bits per heavy atom. The largest absolute Gasteiger partial charge is 0.436 e. The van der Waals surface area contributed by atoms with E-state index in [9.17, 15) is 18.0 Å². The summed E-state index contributed by atoms with van der Waals surface area (Å²) in [5.74, 6) is -0.564. The highest BCUT2D eigenvalue weighted by atomic mass is 35.5. The van der Waals surface area contributed by atoms with Crippen molar-refractivity contribution in [3.05, 3.63) is 63.7 Å². The second-order valence-electron chi connectivity index (χ2n) is 7.81. The van der Waals surface area contributed by atoms with Crippen LogP contribution < -0.4 is 5.32 Å². The third-order valence-corrected chi connectivity index (χ3v) is 5.48. The summed E-state index contributed by atoms with van der Waals surface area (Å²) in [5.41, 5.74) is 2.56. The quantitative estimate of drug-likeness (QED) is 0.577. The summed E-state index contributed by atoms with van der Waals surface area (Å²) in [4.78, 5) is 12.6. The number of halogens is 4. The Kier molecular flexibility index (Phi) is 5.55. The number of carbonyl (C=O) groups is 1. The van der Waals surface area contributed by atoms with Gasteiger partial charge in [0.15, 0.2) is 5.69 Å². The van der Waals surface area contributed by atoms with Crippen molar-refractivity contribution in [1.29, 1.82) is 0 Å². The highest BCUT2D eigenvalue weighted by molar-refractivity contribution is 6.32. The lowest BCUT2D eigenvalue weighted by Crippen LogP contribution is -2.21. The first-order valence-corrected chi connectivity index (χ1v) is 10.2. The fraction of sp³-hybridized carbons (Fsp3) is 0.381. The molecule has 1 aromatic carbocycles. The summed E-state index contributed by atoms with van der Waals surface area (Å²) in [7, 11) is 0. The Hall–Kier alpha value is -2.81. The van der Waals surface area contributed by atoms with Crippen LogP contribution in [0.15, 0.2) is 30.3 Å². The first kappa shape index (κ1) is 21.4. The van der Waals surface area contributed by atoms with Crippen molar-refractivity contribution >= 4 is 23.2 Å². The van der Waals surface area contributed by atoms with Crippen molar-refractivity contribution in [2.24, 2.45) is 0 Å². The van der Waals surface area contributed by atoms with Gasteiger partial charge in [0.2, 0.25) is 5.91 Å². The van der Waals surface area contributed by atoms with Crippen molar-refractivity contribution in [2.45, 2.75) is 51.9 Å². The standard InChI is InChI=1S/C21H21ClF3N5O/c1-12-8-13(2)29(27-12)10-14-4-3-5-16(9-14)26-17(31)11-30-19(15-6-7-15)18(22)20(28-30)21(23,24)25/h3-5,8-9,15H,6-7,10-11H2,1-2H3,(H,26,31). The predicted molar refractivity (Wildman–Crippen MR) is 110 cm³/mol. The lowest BCUT2D eigenvalue weighted by atomic mass is 10.2. The smallest absolute Gasteiger partial charge is 0.324 e. The van der Waals surface area contributed by atoms with Crippen LogP contribution in [0.5, 0.6) is 0 Å². The molecule has 1 fully saturated rings. The topological polar surface area (TPSA) is 64.7 Å². The first-order valence-electron chi connectivity index (χ1n) is 9.85. The zero-order valence-corrected chi connectivity index (χ0v) is 17.8. The van der Waals surface area contributed by atoms with E-state index in [0.29, 0.717) is 12.2 Å². The summed E-state index contributed by atoms with van der Waals surface area (Å²) < 4.78 is 42.5. The van der Waals surface area contributed by atoms with E-state index in [4.69, 9.17) is 11.6 Å². The normalized spacial score (nSPS) is 14.1. The molecule has 0 spiro atoms. The molecule has 1 aliphatic carbocycles. The third kappa shape index (κ3) is 4.76. The van der Waals surface area contributed by atoms with Gasteiger partial charge in [-0.05, 0) is 50.5 Å². The number of amides is 1. The zero-order chi connectivity index (χ0) is 22.3. The molecule has 31 heavy (non-hydrogen) atoms. The molecule has 1 amide bonds. The number of rotatable bonds is 6. The van der Waals surface area contributed by atoms with Crippen LogP contribution >= 0.6 is 11.6 Å². The van der Waals surface area contributed by atoms with Gasteiger partial charge < -0.3 is 5.32 Å². The molecule has 10 heteroatoms. The molecule has 3 aromatic rings. The number of alkyl halides is 3. The summed E-state index contributed by atoms with van der Waals surface area (Å²) >= 11 is 5.96. The summed E-state index contributed by atoms with van der Waals surface area (Å²) in [6.45, 7) is 4.08. The molecule has 164 valence electrons. The highest BCUT2D eigenvalue weighted by Gasteiger charge is 2.42. The molecule has 0 aliphatic heterocycles. The molecular weight excluding hydrogens is 431 g/mol. The number of carbonyl (C=O) groups excluding carboxylic acids is 1. The predicted octanol–water partition coefficient (Wildman–Crippen LogP) is 4.93. The number of hydrogen-bond acceptors (Lipinski definition) is 3. The Morgan fingerprint density at radius 3 is 2.55 bits per heavy atom. The summed E-state index contributed by atoms with van der Waals surface area (Å²) in [6.07, 6.45) is -3.20. The molecule has 0 saturated heterocycles.